The summed E-state index contributed by atoms with van der Waals surface area (Å²) in [6.45, 7) is 0. The number of hydrogen-bond donors (Lipinski definition) is 0. The lowest BCUT2D eigenvalue weighted by Gasteiger charge is -2.17. The van der Waals surface area contributed by atoms with Crippen molar-refractivity contribution in [3.63, 3.8) is 0 Å². The molecule has 0 aliphatic heterocycles. The summed E-state index contributed by atoms with van der Waals surface area (Å²) in [6.07, 6.45) is 2.03. The van der Waals surface area contributed by atoms with Crippen LogP contribution in [0.4, 0.5) is 0 Å². The lowest BCUT2D eigenvalue weighted by atomic mass is 9.87. The van der Waals surface area contributed by atoms with Gasteiger partial charge in [0.05, 0.1) is 5.69 Å². The maximum atomic E-state index is 5.05. The molecule has 8 rings (SSSR count). The molecule has 0 unspecified atom stereocenters. The van der Waals surface area contributed by atoms with E-state index in [1.165, 1.54) is 64.0 Å². The monoisotopic (exact) mass is 513 g/mol. The molecule has 0 saturated heterocycles. The first-order chi connectivity index (χ1) is 19.3. The highest BCUT2D eigenvalue weighted by Gasteiger charge is 2.17. The molecular weight excluding hydrogens is 490 g/mol. The van der Waals surface area contributed by atoms with Crippen molar-refractivity contribution < 1.29 is 0 Å². The van der Waals surface area contributed by atoms with Crippen LogP contribution in [0.2, 0.25) is 0 Å². The van der Waals surface area contributed by atoms with E-state index in [4.69, 9.17) is 4.98 Å². The van der Waals surface area contributed by atoms with Gasteiger partial charge in [0.1, 0.15) is 0 Å². The lowest BCUT2D eigenvalue weighted by molar-refractivity contribution is 1.34. The van der Waals surface area contributed by atoms with E-state index in [0.29, 0.717) is 0 Å². The van der Waals surface area contributed by atoms with Crippen molar-refractivity contribution in [3.05, 3.63) is 140 Å². The van der Waals surface area contributed by atoms with Gasteiger partial charge in [0.15, 0.2) is 0 Å². The quantitative estimate of drug-likeness (QED) is 0.214. The molecule has 2 heteroatoms. The number of nitrogens with zero attached hydrogens (tertiary/aromatic N) is 1. The second-order valence-corrected chi connectivity index (χ2v) is 11.0. The van der Waals surface area contributed by atoms with E-state index in [9.17, 15) is 0 Å². The Hall–Kier alpha value is -4.79. The summed E-state index contributed by atoms with van der Waals surface area (Å²) in [5.41, 5.74) is 7.02. The maximum absolute atomic E-state index is 5.05. The molecule has 0 aliphatic rings. The van der Waals surface area contributed by atoms with E-state index in [2.05, 4.69) is 133 Å². The van der Waals surface area contributed by atoms with Crippen LogP contribution in [0.3, 0.4) is 0 Å². The maximum Gasteiger partial charge on any atom is 0.0714 e. The standard InChI is InChI=1S/C37H23NS/c1-2-10-24(11-3-1)36-29-13-4-6-15-31(29)37(32-16-7-5-14-30(32)36)33-21-19-26(23-38-33)25-18-20-28-27-12-8-9-17-34(27)39-35(28)22-25/h1-23H. The molecule has 0 fully saturated rings. The van der Waals surface area contributed by atoms with Crippen molar-refractivity contribution in [1.29, 1.82) is 0 Å². The number of fused-ring (bicyclic) bond motifs is 5. The van der Waals surface area contributed by atoms with E-state index in [1.54, 1.807) is 0 Å². The molecule has 1 nitrogen and oxygen atoms in total. The van der Waals surface area contributed by atoms with Crippen molar-refractivity contribution in [2.45, 2.75) is 0 Å². The Bertz CT molecular complexity index is 2100. The van der Waals surface area contributed by atoms with Crippen LogP contribution in [-0.2, 0) is 0 Å². The predicted octanol–water partition coefficient (Wildman–Crippen LogP) is 10.8. The Balaban J connectivity index is 1.30. The fraction of sp³-hybridized carbons (Fsp3) is 0. The van der Waals surface area contributed by atoms with Crippen molar-refractivity contribution in [2.75, 3.05) is 0 Å². The smallest absolute Gasteiger partial charge is 0.0714 e. The second-order valence-electron chi connectivity index (χ2n) is 9.95. The molecule has 0 saturated carbocycles. The van der Waals surface area contributed by atoms with Gasteiger partial charge >= 0.3 is 0 Å². The summed E-state index contributed by atoms with van der Waals surface area (Å²) in [5, 5.41) is 7.59. The minimum atomic E-state index is 0.994. The predicted molar refractivity (Wildman–Crippen MR) is 168 cm³/mol. The normalized spacial score (nSPS) is 11.6. The van der Waals surface area contributed by atoms with E-state index in [0.717, 1.165) is 11.3 Å². The minimum Gasteiger partial charge on any atom is -0.256 e. The average Bonchev–Trinajstić information content (AvgIpc) is 3.38. The number of aromatic nitrogens is 1. The largest absolute Gasteiger partial charge is 0.256 e. The summed E-state index contributed by atoms with van der Waals surface area (Å²) in [4.78, 5) is 5.05. The third-order valence-corrected chi connectivity index (χ3v) is 8.86. The zero-order valence-electron chi connectivity index (χ0n) is 21.1. The number of thiophene rings is 1. The van der Waals surface area contributed by atoms with Gasteiger partial charge in [0.2, 0.25) is 0 Å². The van der Waals surface area contributed by atoms with Crippen LogP contribution in [0, 0.1) is 0 Å². The molecule has 182 valence electrons. The molecule has 2 heterocycles. The number of hydrogen-bond acceptors (Lipinski definition) is 2. The van der Waals surface area contributed by atoms with Crippen LogP contribution in [-0.4, -0.2) is 4.98 Å². The summed E-state index contributed by atoms with van der Waals surface area (Å²) in [7, 11) is 0. The SMILES string of the molecule is c1ccc(-c2c3ccccc3c(-c3ccc(-c4ccc5c(c4)sc4ccccc45)cn3)c3ccccc23)cc1. The molecule has 0 amide bonds. The van der Waals surface area contributed by atoms with Gasteiger partial charge in [0, 0.05) is 37.5 Å². The average molecular weight is 514 g/mol. The minimum absolute atomic E-state index is 0.994. The molecule has 0 radical (unpaired) electrons. The Labute approximate surface area is 230 Å². The van der Waals surface area contributed by atoms with Crippen molar-refractivity contribution in [1.82, 2.24) is 4.98 Å². The van der Waals surface area contributed by atoms with Gasteiger partial charge in [-0.15, -0.1) is 11.3 Å². The Kier molecular flexibility index (Phi) is 5.07. The van der Waals surface area contributed by atoms with Crippen molar-refractivity contribution >= 4 is 53.1 Å². The van der Waals surface area contributed by atoms with Crippen molar-refractivity contribution in [3.8, 4) is 33.5 Å². The summed E-state index contributed by atoms with van der Waals surface area (Å²) in [5.74, 6) is 0. The molecule has 2 aromatic heterocycles. The number of pyridine rings is 1. The summed E-state index contributed by atoms with van der Waals surface area (Å²) < 4.78 is 2.64. The highest BCUT2D eigenvalue weighted by atomic mass is 32.1. The van der Waals surface area contributed by atoms with E-state index < -0.39 is 0 Å². The molecule has 8 aromatic rings. The van der Waals surface area contributed by atoms with Crippen LogP contribution < -0.4 is 0 Å². The Morgan fingerprint density at radius 1 is 0.385 bits per heavy atom. The Morgan fingerprint density at radius 2 is 0.949 bits per heavy atom. The number of rotatable bonds is 3. The molecule has 0 aliphatic carbocycles. The topological polar surface area (TPSA) is 12.9 Å². The van der Waals surface area contributed by atoms with Gasteiger partial charge in [-0.25, -0.2) is 0 Å². The third kappa shape index (κ3) is 3.57. The molecule has 6 aromatic carbocycles. The molecule has 39 heavy (non-hydrogen) atoms. The van der Waals surface area contributed by atoms with Crippen LogP contribution >= 0.6 is 11.3 Å². The third-order valence-electron chi connectivity index (χ3n) is 7.73. The van der Waals surface area contributed by atoms with Crippen LogP contribution in [0.5, 0.6) is 0 Å². The van der Waals surface area contributed by atoms with Crippen LogP contribution in [0.25, 0.3) is 75.2 Å². The zero-order chi connectivity index (χ0) is 25.8. The fourth-order valence-corrected chi connectivity index (χ4v) is 7.08. The first kappa shape index (κ1) is 22.2. The van der Waals surface area contributed by atoms with Gasteiger partial charge < -0.3 is 0 Å². The summed E-state index contributed by atoms with van der Waals surface area (Å²) >= 11 is 1.85. The summed E-state index contributed by atoms with van der Waals surface area (Å²) in [6, 6.07) is 48.0. The molecule has 0 bridgehead atoms. The van der Waals surface area contributed by atoms with Gasteiger partial charge in [-0.3, -0.25) is 4.98 Å². The molecular formula is C37H23NS. The highest BCUT2D eigenvalue weighted by molar-refractivity contribution is 7.25. The number of benzene rings is 6. The fourth-order valence-electron chi connectivity index (χ4n) is 5.94. The molecule has 0 N–H and O–H groups in total. The van der Waals surface area contributed by atoms with Gasteiger partial charge in [-0.05, 0) is 56.4 Å². The van der Waals surface area contributed by atoms with E-state index in [-0.39, 0.29) is 0 Å². The molecule has 0 atom stereocenters. The first-order valence-corrected chi connectivity index (χ1v) is 14.0. The highest BCUT2D eigenvalue weighted by Crippen LogP contribution is 2.43. The zero-order valence-corrected chi connectivity index (χ0v) is 22.0. The first-order valence-electron chi connectivity index (χ1n) is 13.2. The van der Waals surface area contributed by atoms with E-state index >= 15 is 0 Å². The van der Waals surface area contributed by atoms with Crippen LogP contribution in [0.15, 0.2) is 140 Å². The van der Waals surface area contributed by atoms with Gasteiger partial charge in [-0.2, -0.15) is 0 Å². The molecule has 0 spiro atoms. The van der Waals surface area contributed by atoms with Gasteiger partial charge in [0.25, 0.3) is 0 Å². The Morgan fingerprint density at radius 3 is 1.62 bits per heavy atom. The van der Waals surface area contributed by atoms with Crippen molar-refractivity contribution in [2.24, 2.45) is 0 Å². The van der Waals surface area contributed by atoms with Crippen LogP contribution in [0.1, 0.15) is 0 Å². The lowest BCUT2D eigenvalue weighted by Crippen LogP contribution is -1.92. The second kappa shape index (κ2) is 8.90. The van der Waals surface area contributed by atoms with Gasteiger partial charge in [-0.1, -0.05) is 115 Å². The van der Waals surface area contributed by atoms with E-state index in [1.807, 2.05) is 17.5 Å².